The van der Waals surface area contributed by atoms with E-state index >= 15 is 0 Å². The summed E-state index contributed by atoms with van der Waals surface area (Å²) in [6, 6.07) is 14.2. The van der Waals surface area contributed by atoms with Gasteiger partial charge in [0.15, 0.2) is 0 Å². The number of benzene rings is 2. The van der Waals surface area contributed by atoms with Gasteiger partial charge in [-0.1, -0.05) is 12.1 Å². The first-order chi connectivity index (χ1) is 13.0. The van der Waals surface area contributed by atoms with Crippen LogP contribution in [0.4, 0.5) is 15.8 Å². The number of anilines is 2. The molecular weight excluding hydrogens is 347 g/mol. The Balaban J connectivity index is 1.61. The number of carbonyl (C=O) groups is 2. The molecule has 2 aromatic carbocycles. The van der Waals surface area contributed by atoms with Gasteiger partial charge in [-0.2, -0.15) is 0 Å². The third kappa shape index (κ3) is 4.66. The van der Waals surface area contributed by atoms with Gasteiger partial charge in [-0.25, -0.2) is 4.39 Å². The van der Waals surface area contributed by atoms with Crippen molar-refractivity contribution in [1.29, 1.82) is 0 Å². The number of amides is 2. The first-order valence-electron chi connectivity index (χ1n) is 8.16. The maximum absolute atomic E-state index is 12.9. The quantitative estimate of drug-likeness (QED) is 0.626. The summed E-state index contributed by atoms with van der Waals surface area (Å²) in [5, 5.41) is 5.89. The molecule has 136 valence electrons. The second kappa shape index (κ2) is 8.09. The molecule has 4 N–H and O–H groups in total. The molecule has 0 saturated heterocycles. The second-order valence-corrected chi connectivity index (χ2v) is 5.80. The van der Waals surface area contributed by atoms with Gasteiger partial charge in [0.25, 0.3) is 11.8 Å². The van der Waals surface area contributed by atoms with Gasteiger partial charge in [-0.3, -0.25) is 14.6 Å². The number of rotatable bonds is 6. The third-order valence-electron chi connectivity index (χ3n) is 3.89. The van der Waals surface area contributed by atoms with E-state index in [2.05, 4.69) is 15.6 Å². The summed E-state index contributed by atoms with van der Waals surface area (Å²) < 4.78 is 12.9. The highest BCUT2D eigenvalue weighted by Gasteiger charge is 2.08. The summed E-state index contributed by atoms with van der Waals surface area (Å²) in [5.41, 5.74) is 8.19. The number of nitrogens with two attached hydrogens (primary N) is 1. The fourth-order valence-corrected chi connectivity index (χ4v) is 2.45. The summed E-state index contributed by atoms with van der Waals surface area (Å²) in [7, 11) is 0. The van der Waals surface area contributed by atoms with E-state index in [0.717, 1.165) is 5.56 Å². The van der Waals surface area contributed by atoms with E-state index in [1.807, 2.05) is 12.1 Å². The maximum Gasteiger partial charge on any atom is 0.255 e. The van der Waals surface area contributed by atoms with Crippen molar-refractivity contribution in [2.24, 2.45) is 5.73 Å². The van der Waals surface area contributed by atoms with E-state index in [9.17, 15) is 14.0 Å². The minimum atomic E-state index is -0.551. The molecule has 0 saturated carbocycles. The predicted molar refractivity (Wildman–Crippen MR) is 101 cm³/mol. The SMILES string of the molecule is NC(=O)c1cnccc1NCc1ccc(NC(=O)c2ccc(F)cc2)cc1. The number of primary amides is 1. The van der Waals surface area contributed by atoms with Crippen LogP contribution in [-0.2, 0) is 6.54 Å². The topological polar surface area (TPSA) is 97.1 Å². The summed E-state index contributed by atoms with van der Waals surface area (Å²) >= 11 is 0. The van der Waals surface area contributed by atoms with Gasteiger partial charge in [0.05, 0.1) is 11.3 Å². The Labute approximate surface area is 155 Å². The Bertz CT molecular complexity index is 956. The molecule has 0 radical (unpaired) electrons. The lowest BCUT2D eigenvalue weighted by atomic mass is 10.1. The van der Waals surface area contributed by atoms with E-state index in [-0.39, 0.29) is 5.91 Å². The Hall–Kier alpha value is -3.74. The van der Waals surface area contributed by atoms with Crippen LogP contribution >= 0.6 is 0 Å². The average Bonchev–Trinajstić information content (AvgIpc) is 2.68. The van der Waals surface area contributed by atoms with Crippen LogP contribution in [0.25, 0.3) is 0 Å². The first-order valence-corrected chi connectivity index (χ1v) is 8.16. The number of hydrogen-bond acceptors (Lipinski definition) is 4. The molecule has 2 amide bonds. The fourth-order valence-electron chi connectivity index (χ4n) is 2.45. The molecule has 3 rings (SSSR count). The van der Waals surface area contributed by atoms with Crippen molar-refractivity contribution in [3.8, 4) is 0 Å². The van der Waals surface area contributed by atoms with E-state index in [4.69, 9.17) is 5.73 Å². The zero-order chi connectivity index (χ0) is 19.2. The van der Waals surface area contributed by atoms with E-state index in [1.165, 1.54) is 30.5 Å². The Kier molecular flexibility index (Phi) is 5.41. The van der Waals surface area contributed by atoms with Crippen LogP contribution in [0.5, 0.6) is 0 Å². The van der Waals surface area contributed by atoms with Crippen molar-refractivity contribution in [3.63, 3.8) is 0 Å². The molecule has 0 spiro atoms. The standard InChI is InChI=1S/C20H17FN4O2/c21-15-5-3-14(4-6-15)20(27)25-16-7-1-13(2-8-16)11-24-18-9-10-23-12-17(18)19(22)26/h1-10,12H,11H2,(H2,22,26)(H,23,24)(H,25,27). The zero-order valence-electron chi connectivity index (χ0n) is 14.3. The van der Waals surface area contributed by atoms with Crippen molar-refractivity contribution in [1.82, 2.24) is 4.98 Å². The molecule has 3 aromatic rings. The molecule has 27 heavy (non-hydrogen) atoms. The maximum atomic E-state index is 12.9. The molecule has 0 fully saturated rings. The van der Waals surface area contributed by atoms with Crippen molar-refractivity contribution in [2.75, 3.05) is 10.6 Å². The monoisotopic (exact) mass is 364 g/mol. The largest absolute Gasteiger partial charge is 0.380 e. The Morgan fingerprint density at radius 1 is 1.00 bits per heavy atom. The van der Waals surface area contributed by atoms with Crippen molar-refractivity contribution in [2.45, 2.75) is 6.54 Å². The summed E-state index contributed by atoms with van der Waals surface area (Å²) in [6.07, 6.45) is 2.99. The van der Waals surface area contributed by atoms with E-state index < -0.39 is 11.7 Å². The smallest absolute Gasteiger partial charge is 0.255 e. The molecule has 0 atom stereocenters. The number of nitrogens with one attached hydrogen (secondary N) is 2. The first kappa shape index (κ1) is 18.1. The highest BCUT2D eigenvalue weighted by atomic mass is 19.1. The van der Waals surface area contributed by atoms with Gasteiger partial charge in [-0.05, 0) is 48.0 Å². The molecule has 0 aliphatic heterocycles. The molecule has 0 aliphatic carbocycles. The molecule has 6 nitrogen and oxygen atoms in total. The molecule has 0 aliphatic rings. The highest BCUT2D eigenvalue weighted by molar-refractivity contribution is 6.04. The fraction of sp³-hybridized carbons (Fsp3) is 0.0500. The molecule has 1 aromatic heterocycles. The van der Waals surface area contributed by atoms with Gasteiger partial charge < -0.3 is 16.4 Å². The summed E-state index contributed by atoms with van der Waals surface area (Å²) in [5.74, 6) is -1.26. The van der Waals surface area contributed by atoms with E-state index in [1.54, 1.807) is 24.4 Å². The number of aromatic nitrogens is 1. The van der Waals surface area contributed by atoms with Gasteiger partial charge in [-0.15, -0.1) is 0 Å². The number of halogens is 1. The van der Waals surface area contributed by atoms with Gasteiger partial charge >= 0.3 is 0 Å². The molecule has 1 heterocycles. The molecular formula is C20H17FN4O2. The lowest BCUT2D eigenvalue weighted by Gasteiger charge is -2.10. The van der Waals surface area contributed by atoms with Crippen LogP contribution < -0.4 is 16.4 Å². The lowest BCUT2D eigenvalue weighted by molar-refractivity contribution is 0.0998. The summed E-state index contributed by atoms with van der Waals surface area (Å²) in [6.45, 7) is 0.469. The predicted octanol–water partition coefficient (Wildman–Crippen LogP) is 3.18. The number of hydrogen-bond donors (Lipinski definition) is 3. The average molecular weight is 364 g/mol. The van der Waals surface area contributed by atoms with Gasteiger partial charge in [0.2, 0.25) is 0 Å². The number of pyridine rings is 1. The van der Waals surface area contributed by atoms with Gasteiger partial charge in [0, 0.05) is 30.2 Å². The van der Waals surface area contributed by atoms with Crippen molar-refractivity contribution >= 4 is 23.2 Å². The van der Waals surface area contributed by atoms with Crippen molar-refractivity contribution in [3.05, 3.63) is 89.5 Å². The van der Waals surface area contributed by atoms with Crippen LogP contribution in [0.1, 0.15) is 26.3 Å². The Morgan fingerprint density at radius 3 is 2.37 bits per heavy atom. The number of nitrogens with zero attached hydrogens (tertiary/aromatic N) is 1. The van der Waals surface area contributed by atoms with Crippen molar-refractivity contribution < 1.29 is 14.0 Å². The molecule has 0 unspecified atom stereocenters. The third-order valence-corrected chi connectivity index (χ3v) is 3.89. The van der Waals surface area contributed by atoms with Crippen LogP contribution in [0.2, 0.25) is 0 Å². The second-order valence-electron chi connectivity index (χ2n) is 5.80. The Morgan fingerprint density at radius 2 is 1.70 bits per heavy atom. The van der Waals surface area contributed by atoms with Crippen LogP contribution in [0.15, 0.2) is 67.0 Å². The van der Waals surface area contributed by atoms with Crippen LogP contribution in [-0.4, -0.2) is 16.8 Å². The number of carbonyl (C=O) groups excluding carboxylic acids is 2. The van der Waals surface area contributed by atoms with Gasteiger partial charge in [0.1, 0.15) is 5.82 Å². The molecule has 0 bridgehead atoms. The molecule has 7 heteroatoms. The minimum Gasteiger partial charge on any atom is -0.380 e. The zero-order valence-corrected chi connectivity index (χ0v) is 14.3. The van der Waals surface area contributed by atoms with E-state index in [0.29, 0.717) is 29.0 Å². The lowest BCUT2D eigenvalue weighted by Crippen LogP contribution is -2.14. The normalized spacial score (nSPS) is 10.3. The highest BCUT2D eigenvalue weighted by Crippen LogP contribution is 2.16. The summed E-state index contributed by atoms with van der Waals surface area (Å²) in [4.78, 5) is 27.4. The van der Waals surface area contributed by atoms with Crippen LogP contribution in [0, 0.1) is 5.82 Å². The van der Waals surface area contributed by atoms with Crippen LogP contribution in [0.3, 0.4) is 0 Å². The minimum absolute atomic E-state index is 0.316.